The molecule has 1 atom stereocenters. The number of ether oxygens (including phenoxy) is 1. The first kappa shape index (κ1) is 30.4. The number of fused-ring (bicyclic) bond motifs is 1. The number of rotatable bonds is 7. The highest BCUT2D eigenvalue weighted by atomic mass is 32.1. The van der Waals surface area contributed by atoms with Gasteiger partial charge in [-0.1, -0.05) is 39.0 Å². The summed E-state index contributed by atoms with van der Waals surface area (Å²) in [5, 5.41) is 7.13. The van der Waals surface area contributed by atoms with E-state index in [1.807, 2.05) is 13.0 Å². The second-order valence-electron chi connectivity index (χ2n) is 10.9. The summed E-state index contributed by atoms with van der Waals surface area (Å²) in [7, 11) is 0. The topological polar surface area (TPSA) is 125 Å². The molecule has 2 heterocycles. The van der Waals surface area contributed by atoms with Crippen molar-refractivity contribution in [1.29, 1.82) is 0 Å². The molecule has 10 nitrogen and oxygen atoms in total. The maximum atomic E-state index is 14.1. The summed E-state index contributed by atoms with van der Waals surface area (Å²) in [4.78, 5) is 69.6. The van der Waals surface area contributed by atoms with Gasteiger partial charge >= 0.3 is 12.0 Å². The van der Waals surface area contributed by atoms with E-state index in [2.05, 4.69) is 10.6 Å². The third-order valence-corrected chi connectivity index (χ3v) is 7.47. The molecule has 0 fully saturated rings. The predicted molar refractivity (Wildman–Crippen MR) is 162 cm³/mol. The number of esters is 1. The van der Waals surface area contributed by atoms with Crippen LogP contribution in [0.15, 0.2) is 60.0 Å². The Morgan fingerprint density at radius 3 is 2.45 bits per heavy atom. The maximum Gasteiger partial charge on any atom is 0.338 e. The first-order valence-corrected chi connectivity index (χ1v) is 14.4. The number of thiophene rings is 1. The molecule has 220 valence electrons. The first-order valence-electron chi connectivity index (χ1n) is 13.5. The molecule has 0 aliphatic carbocycles. The minimum atomic E-state index is -1.19. The van der Waals surface area contributed by atoms with Crippen molar-refractivity contribution >= 4 is 58.0 Å². The van der Waals surface area contributed by atoms with Crippen LogP contribution >= 0.6 is 11.3 Å². The lowest BCUT2D eigenvalue weighted by Gasteiger charge is -2.31. The molecule has 11 heteroatoms. The lowest BCUT2D eigenvalue weighted by molar-refractivity contribution is -0.126. The zero-order valence-corrected chi connectivity index (χ0v) is 25.0. The molecule has 0 saturated heterocycles. The summed E-state index contributed by atoms with van der Waals surface area (Å²) in [5.41, 5.74) is 1.49. The monoisotopic (exact) mass is 590 g/mol. The van der Waals surface area contributed by atoms with Crippen LogP contribution in [0.3, 0.4) is 0 Å². The number of nitrogens with zero attached hydrogens (tertiary/aromatic N) is 2. The third-order valence-electron chi connectivity index (χ3n) is 6.56. The zero-order valence-electron chi connectivity index (χ0n) is 24.2. The number of carbonyl (C=O) groups excluding carboxylic acids is 5. The summed E-state index contributed by atoms with van der Waals surface area (Å²) in [6.07, 6.45) is 0. The molecular weight excluding hydrogens is 556 g/mol. The molecule has 1 unspecified atom stereocenters. The number of hydrogen-bond donors (Lipinski definition) is 2. The van der Waals surface area contributed by atoms with Gasteiger partial charge in [0.15, 0.2) is 5.78 Å². The Labute approximate surface area is 248 Å². The van der Waals surface area contributed by atoms with E-state index in [-0.39, 0.29) is 37.0 Å². The molecular formula is C31H34N4O6S. The quantitative estimate of drug-likeness (QED) is 0.294. The molecule has 4 amide bonds. The number of anilines is 3. The Balaban J connectivity index is 1.68. The number of amides is 4. The van der Waals surface area contributed by atoms with E-state index in [0.29, 0.717) is 21.9 Å². The largest absolute Gasteiger partial charge is 0.462 e. The molecule has 3 aromatic rings. The second kappa shape index (κ2) is 12.6. The van der Waals surface area contributed by atoms with Gasteiger partial charge in [-0.3, -0.25) is 14.4 Å². The van der Waals surface area contributed by atoms with Crippen LogP contribution in [0.1, 0.15) is 53.3 Å². The van der Waals surface area contributed by atoms with Gasteiger partial charge in [0.1, 0.15) is 6.04 Å². The Kier molecular flexibility index (Phi) is 9.11. The summed E-state index contributed by atoms with van der Waals surface area (Å²) >= 11 is 1.27. The molecule has 2 aromatic carbocycles. The first-order chi connectivity index (χ1) is 19.9. The lowest BCUT2D eigenvalue weighted by Crippen LogP contribution is -2.55. The van der Waals surface area contributed by atoms with E-state index in [1.165, 1.54) is 27.2 Å². The minimum absolute atomic E-state index is 0.148. The molecule has 0 bridgehead atoms. The Morgan fingerprint density at radius 1 is 1.02 bits per heavy atom. The fraction of sp³-hybridized carbons (Fsp3) is 0.323. The van der Waals surface area contributed by atoms with Crippen LogP contribution in [0.4, 0.5) is 21.9 Å². The number of urea groups is 1. The number of nitrogens with one attached hydrogen (secondary N) is 2. The lowest BCUT2D eigenvalue weighted by atomic mass is 9.94. The minimum Gasteiger partial charge on any atom is -0.462 e. The highest BCUT2D eigenvalue weighted by Gasteiger charge is 2.40. The van der Waals surface area contributed by atoms with Crippen LogP contribution in [-0.2, 0) is 14.3 Å². The van der Waals surface area contributed by atoms with Crippen LogP contribution in [0.5, 0.6) is 0 Å². The number of benzene rings is 2. The van der Waals surface area contributed by atoms with Gasteiger partial charge in [-0.25, -0.2) is 9.59 Å². The van der Waals surface area contributed by atoms with Gasteiger partial charge in [0.2, 0.25) is 5.91 Å². The fourth-order valence-corrected chi connectivity index (χ4v) is 5.19. The van der Waals surface area contributed by atoms with Crippen LogP contribution < -0.4 is 20.4 Å². The Morgan fingerprint density at radius 2 is 1.79 bits per heavy atom. The van der Waals surface area contributed by atoms with E-state index >= 15 is 0 Å². The van der Waals surface area contributed by atoms with Crippen molar-refractivity contribution in [2.75, 3.05) is 34.8 Å². The standard InChI is InChI=1S/C31H34N4O6S/c1-6-41-28(38)20-9-7-10-21(16-20)32-30(40)33-22-17-35(29(39)31(3,4)5)23-13-12-19(2)15-24(23)34(27(22)37)18-25(36)26-11-8-14-42-26/h7-16,22H,6,17-18H2,1-5H3,(H2,32,33,40). The molecule has 1 aromatic heterocycles. The number of carbonyl (C=O) groups is 5. The van der Waals surface area contributed by atoms with Gasteiger partial charge in [0, 0.05) is 11.1 Å². The van der Waals surface area contributed by atoms with Crippen molar-refractivity contribution in [2.45, 2.75) is 40.7 Å². The van der Waals surface area contributed by atoms with Crippen molar-refractivity contribution in [3.05, 3.63) is 76.0 Å². The molecule has 1 aliphatic heterocycles. The molecule has 0 radical (unpaired) electrons. The molecule has 0 saturated carbocycles. The zero-order chi connectivity index (χ0) is 30.6. The van der Waals surface area contributed by atoms with Crippen molar-refractivity contribution in [3.8, 4) is 0 Å². The Bertz CT molecular complexity index is 1510. The summed E-state index contributed by atoms with van der Waals surface area (Å²) in [6, 6.07) is 13.1. The molecule has 0 spiro atoms. The van der Waals surface area contributed by atoms with E-state index < -0.39 is 29.4 Å². The maximum absolute atomic E-state index is 14.1. The second-order valence-corrected chi connectivity index (χ2v) is 11.9. The van der Waals surface area contributed by atoms with E-state index in [4.69, 9.17) is 4.74 Å². The van der Waals surface area contributed by atoms with Gasteiger partial charge in [0.05, 0.1) is 41.5 Å². The number of aryl methyl sites for hydroxylation is 1. The SMILES string of the molecule is CCOC(=O)c1cccc(NC(=O)NC2CN(C(=O)C(C)(C)C)c3ccc(C)cc3N(CC(=O)c3cccs3)C2=O)c1. The van der Waals surface area contributed by atoms with Gasteiger partial charge in [-0.2, -0.15) is 0 Å². The van der Waals surface area contributed by atoms with E-state index in [1.54, 1.807) is 75.5 Å². The molecule has 2 N–H and O–H groups in total. The highest BCUT2D eigenvalue weighted by Crippen LogP contribution is 2.36. The fourth-order valence-electron chi connectivity index (χ4n) is 4.53. The van der Waals surface area contributed by atoms with Crippen molar-refractivity contribution in [2.24, 2.45) is 5.41 Å². The van der Waals surface area contributed by atoms with Crippen LogP contribution in [0, 0.1) is 12.3 Å². The Hall–Kier alpha value is -4.51. The summed E-state index contributed by atoms with van der Waals surface area (Å²) < 4.78 is 5.03. The normalized spacial score (nSPS) is 15.0. The van der Waals surface area contributed by atoms with Crippen molar-refractivity contribution in [3.63, 3.8) is 0 Å². The average Bonchev–Trinajstić information content (AvgIpc) is 3.45. The highest BCUT2D eigenvalue weighted by molar-refractivity contribution is 7.12. The van der Waals surface area contributed by atoms with Crippen LogP contribution in [0.25, 0.3) is 0 Å². The number of ketones is 1. The van der Waals surface area contributed by atoms with Crippen LogP contribution in [0.2, 0.25) is 0 Å². The van der Waals surface area contributed by atoms with Crippen molar-refractivity contribution in [1.82, 2.24) is 5.32 Å². The van der Waals surface area contributed by atoms with Gasteiger partial charge in [-0.05, 0) is 61.2 Å². The van der Waals surface area contributed by atoms with E-state index in [0.717, 1.165) is 5.56 Å². The molecule has 4 rings (SSSR count). The predicted octanol–water partition coefficient (Wildman–Crippen LogP) is 5.03. The summed E-state index contributed by atoms with van der Waals surface area (Å²) in [6.45, 7) is 8.68. The summed E-state index contributed by atoms with van der Waals surface area (Å²) in [5.74, 6) is -1.58. The smallest absolute Gasteiger partial charge is 0.338 e. The number of hydrogen-bond acceptors (Lipinski definition) is 7. The van der Waals surface area contributed by atoms with Gasteiger partial charge in [0.25, 0.3) is 5.91 Å². The third kappa shape index (κ3) is 6.85. The van der Waals surface area contributed by atoms with E-state index in [9.17, 15) is 24.0 Å². The molecule has 1 aliphatic rings. The average molecular weight is 591 g/mol. The van der Waals surface area contributed by atoms with Crippen LogP contribution in [-0.4, -0.2) is 55.3 Å². The van der Waals surface area contributed by atoms with Crippen molar-refractivity contribution < 1.29 is 28.7 Å². The van der Waals surface area contributed by atoms with Gasteiger partial charge in [-0.15, -0.1) is 11.3 Å². The number of Topliss-reactive ketones (excluding diaryl/α,β-unsaturated/α-hetero) is 1. The molecule has 42 heavy (non-hydrogen) atoms. The van der Waals surface area contributed by atoms with Gasteiger partial charge < -0.3 is 25.2 Å².